The Balaban J connectivity index is 1.90. The Hall–Kier alpha value is -3.45. The molecule has 3 aromatic rings. The second-order valence-corrected chi connectivity index (χ2v) is 7.64. The summed E-state index contributed by atoms with van der Waals surface area (Å²) in [5, 5.41) is 2.81. The van der Waals surface area contributed by atoms with E-state index in [0.29, 0.717) is 29.5 Å². The van der Waals surface area contributed by atoms with Gasteiger partial charge in [0.1, 0.15) is 11.9 Å². The lowest BCUT2D eigenvalue weighted by atomic mass is 9.98. The highest BCUT2D eigenvalue weighted by atomic mass is 35.5. The number of halogens is 2. The zero-order valence-electron chi connectivity index (χ0n) is 16.2. The number of nitroso groups, excluding NO2 is 1. The first kappa shape index (κ1) is 20.8. The van der Waals surface area contributed by atoms with Gasteiger partial charge in [0.2, 0.25) is 0 Å². The van der Waals surface area contributed by atoms with E-state index < -0.39 is 29.7 Å². The van der Waals surface area contributed by atoms with Gasteiger partial charge in [-0.25, -0.2) is 4.39 Å². The Morgan fingerprint density at radius 1 is 1.16 bits per heavy atom. The molecule has 1 heterocycles. The molecule has 0 saturated heterocycles. The Morgan fingerprint density at radius 3 is 2.61 bits per heavy atom. The highest BCUT2D eigenvalue weighted by Gasteiger charge is 2.41. The van der Waals surface area contributed by atoms with Crippen LogP contribution in [0.1, 0.15) is 45.6 Å². The lowest BCUT2D eigenvalue weighted by Crippen LogP contribution is -2.40. The molecule has 2 aromatic carbocycles. The molecule has 1 aliphatic rings. The summed E-state index contributed by atoms with van der Waals surface area (Å²) in [6, 6.07) is 12.5. The lowest BCUT2D eigenvalue weighted by molar-refractivity contribution is -0.123. The van der Waals surface area contributed by atoms with Crippen LogP contribution in [0.3, 0.4) is 0 Å². The van der Waals surface area contributed by atoms with Crippen LogP contribution in [0.15, 0.2) is 72.2 Å². The van der Waals surface area contributed by atoms with E-state index in [1.807, 2.05) is 0 Å². The van der Waals surface area contributed by atoms with Crippen molar-refractivity contribution in [1.29, 1.82) is 0 Å². The number of pyridine rings is 1. The summed E-state index contributed by atoms with van der Waals surface area (Å²) in [5.74, 6) is -1.99. The maximum absolute atomic E-state index is 14.5. The van der Waals surface area contributed by atoms with Gasteiger partial charge in [0.15, 0.2) is 0 Å². The van der Waals surface area contributed by atoms with Gasteiger partial charge in [0, 0.05) is 22.6 Å². The second kappa shape index (κ2) is 8.73. The van der Waals surface area contributed by atoms with Crippen LogP contribution in [0.2, 0.25) is 5.02 Å². The van der Waals surface area contributed by atoms with Gasteiger partial charge in [0.25, 0.3) is 5.91 Å². The molecule has 0 bridgehead atoms. The standard InChI is InChI=1S/C23H17ClFN3O3/c24-16-11-18-17(19(25)12-16)8-9-20(18)28(23(30)15-7-4-10-26-13-15)21(22(29)27-31)14-5-2-1-3-6-14/h1-7,10-13,20-21H,8-9H2/t20-,21-/m1/s1. The first-order valence-electron chi connectivity index (χ1n) is 9.64. The molecular formula is C23H17ClFN3O3. The zero-order chi connectivity index (χ0) is 22.0. The number of hydrogen-bond donors (Lipinski definition) is 0. The van der Waals surface area contributed by atoms with Gasteiger partial charge >= 0.3 is 5.91 Å². The molecular weight excluding hydrogens is 421 g/mol. The van der Waals surface area contributed by atoms with Crippen molar-refractivity contribution in [2.45, 2.75) is 24.9 Å². The number of aromatic nitrogens is 1. The van der Waals surface area contributed by atoms with Gasteiger partial charge in [-0.2, -0.15) is 0 Å². The van der Waals surface area contributed by atoms with Gasteiger partial charge in [-0.15, -0.1) is 4.91 Å². The van der Waals surface area contributed by atoms with E-state index in [0.717, 1.165) is 0 Å². The largest absolute Gasteiger partial charge is 0.315 e. The minimum absolute atomic E-state index is 0.188. The number of benzene rings is 2. The fraction of sp³-hybridized carbons (Fsp3) is 0.174. The van der Waals surface area contributed by atoms with E-state index in [1.165, 1.54) is 23.4 Å². The van der Waals surface area contributed by atoms with Gasteiger partial charge in [-0.1, -0.05) is 41.9 Å². The SMILES string of the molecule is O=NC(=O)[C@@H](c1ccccc1)N(C(=O)c1cccnc1)[C@@H]1CCc2c(F)cc(Cl)cc21. The molecule has 0 saturated carbocycles. The van der Waals surface area contributed by atoms with Crippen molar-refractivity contribution in [1.82, 2.24) is 9.88 Å². The predicted molar refractivity (Wildman–Crippen MR) is 113 cm³/mol. The Labute approximate surface area is 182 Å². The fourth-order valence-corrected chi connectivity index (χ4v) is 4.31. The van der Waals surface area contributed by atoms with Crippen LogP contribution >= 0.6 is 11.6 Å². The van der Waals surface area contributed by atoms with Gasteiger partial charge < -0.3 is 4.90 Å². The Kier molecular flexibility index (Phi) is 5.86. The van der Waals surface area contributed by atoms with E-state index in [9.17, 15) is 18.9 Å². The molecule has 0 unspecified atom stereocenters. The number of rotatable bonds is 5. The van der Waals surface area contributed by atoms with Crippen LogP contribution < -0.4 is 0 Å². The summed E-state index contributed by atoms with van der Waals surface area (Å²) in [7, 11) is 0. The van der Waals surface area contributed by atoms with Crippen molar-refractivity contribution in [2.75, 3.05) is 0 Å². The molecule has 156 valence electrons. The van der Waals surface area contributed by atoms with Gasteiger partial charge in [-0.05, 0) is 53.8 Å². The number of carbonyl (C=O) groups excluding carboxylic acids is 2. The number of hydrogen-bond acceptors (Lipinski definition) is 4. The van der Waals surface area contributed by atoms with Crippen LogP contribution in [0, 0.1) is 10.7 Å². The molecule has 8 heteroatoms. The van der Waals surface area contributed by atoms with Crippen LogP contribution in [0.25, 0.3) is 0 Å². The van der Waals surface area contributed by atoms with E-state index in [1.54, 1.807) is 48.5 Å². The summed E-state index contributed by atoms with van der Waals surface area (Å²) in [4.78, 5) is 42.9. The lowest BCUT2D eigenvalue weighted by Gasteiger charge is -2.35. The third kappa shape index (κ3) is 3.96. The molecule has 0 fully saturated rings. The first-order chi connectivity index (χ1) is 15.0. The van der Waals surface area contributed by atoms with E-state index in [4.69, 9.17) is 11.6 Å². The summed E-state index contributed by atoms with van der Waals surface area (Å²) in [6.07, 6.45) is 3.64. The van der Waals surface area contributed by atoms with Gasteiger partial charge in [0.05, 0.1) is 11.6 Å². The summed E-state index contributed by atoms with van der Waals surface area (Å²) in [5.41, 5.74) is 1.62. The Bertz CT molecular complexity index is 1140. The maximum Gasteiger partial charge on any atom is 0.313 e. The smallest absolute Gasteiger partial charge is 0.313 e. The van der Waals surface area contributed by atoms with Crippen LogP contribution in [0.4, 0.5) is 4.39 Å². The molecule has 31 heavy (non-hydrogen) atoms. The minimum atomic E-state index is -1.27. The second-order valence-electron chi connectivity index (χ2n) is 7.21. The molecule has 4 rings (SSSR count). The van der Waals surface area contributed by atoms with Crippen LogP contribution in [-0.4, -0.2) is 21.7 Å². The van der Waals surface area contributed by atoms with Crippen molar-refractivity contribution >= 4 is 23.4 Å². The quantitative estimate of drug-likeness (QED) is 0.524. The van der Waals surface area contributed by atoms with Crippen molar-refractivity contribution < 1.29 is 14.0 Å². The molecule has 0 aliphatic heterocycles. The average Bonchev–Trinajstić information content (AvgIpc) is 3.21. The molecule has 2 amide bonds. The molecule has 0 N–H and O–H groups in total. The molecule has 1 aliphatic carbocycles. The monoisotopic (exact) mass is 437 g/mol. The third-order valence-corrected chi connectivity index (χ3v) is 5.64. The summed E-state index contributed by atoms with van der Waals surface area (Å²) < 4.78 is 14.5. The van der Waals surface area contributed by atoms with E-state index >= 15 is 0 Å². The highest BCUT2D eigenvalue weighted by molar-refractivity contribution is 6.30. The number of carbonyl (C=O) groups is 2. The van der Waals surface area contributed by atoms with E-state index in [2.05, 4.69) is 10.2 Å². The normalized spacial score (nSPS) is 15.7. The Morgan fingerprint density at radius 2 is 1.94 bits per heavy atom. The van der Waals surface area contributed by atoms with Crippen molar-refractivity contribution in [3.8, 4) is 0 Å². The predicted octanol–water partition coefficient (Wildman–Crippen LogP) is 5.04. The third-order valence-electron chi connectivity index (χ3n) is 5.42. The van der Waals surface area contributed by atoms with Crippen LogP contribution in [-0.2, 0) is 11.2 Å². The molecule has 2 atom stereocenters. The van der Waals surface area contributed by atoms with E-state index in [-0.39, 0.29) is 10.6 Å². The molecule has 6 nitrogen and oxygen atoms in total. The zero-order valence-corrected chi connectivity index (χ0v) is 17.0. The van der Waals surface area contributed by atoms with Crippen LogP contribution in [0.5, 0.6) is 0 Å². The summed E-state index contributed by atoms with van der Waals surface area (Å²) in [6.45, 7) is 0. The van der Waals surface area contributed by atoms with Gasteiger partial charge in [-0.3, -0.25) is 14.6 Å². The molecule has 0 radical (unpaired) electrons. The number of fused-ring (bicyclic) bond motifs is 1. The molecule has 1 aromatic heterocycles. The van der Waals surface area contributed by atoms with Crippen molar-refractivity contribution in [2.24, 2.45) is 5.18 Å². The minimum Gasteiger partial charge on any atom is -0.315 e. The van der Waals surface area contributed by atoms with Crippen molar-refractivity contribution in [3.05, 3.63) is 105 Å². The number of amides is 2. The average molecular weight is 438 g/mol. The number of nitrogens with zero attached hydrogens (tertiary/aromatic N) is 3. The highest BCUT2D eigenvalue weighted by Crippen LogP contribution is 2.43. The van der Waals surface area contributed by atoms with Crippen molar-refractivity contribution in [3.63, 3.8) is 0 Å². The molecule has 0 spiro atoms. The maximum atomic E-state index is 14.5. The first-order valence-corrected chi connectivity index (χ1v) is 10.0. The topological polar surface area (TPSA) is 79.7 Å². The summed E-state index contributed by atoms with van der Waals surface area (Å²) >= 11 is 6.09. The fourth-order valence-electron chi connectivity index (χ4n) is 4.09.